The Morgan fingerprint density at radius 1 is 1.29 bits per heavy atom. The Labute approximate surface area is 128 Å². The molecule has 1 aliphatic heterocycles. The second-order valence-electron chi connectivity index (χ2n) is 4.67. The molecule has 2 atom stereocenters. The van der Waals surface area contributed by atoms with Crippen LogP contribution < -0.4 is 0 Å². The fourth-order valence-electron chi connectivity index (χ4n) is 2.21. The maximum atomic E-state index is 13.6. The van der Waals surface area contributed by atoms with Gasteiger partial charge in [-0.25, -0.2) is 4.39 Å². The Hall–Kier alpha value is -0.690. The second kappa shape index (κ2) is 6.60. The highest BCUT2D eigenvalue weighted by Gasteiger charge is 2.36. The first-order valence-electron chi connectivity index (χ1n) is 6.48. The summed E-state index contributed by atoms with van der Waals surface area (Å²) < 4.78 is 51.1. The second-order valence-corrected chi connectivity index (χ2v) is 7.26. The lowest BCUT2D eigenvalue weighted by molar-refractivity contribution is -0.140. The van der Waals surface area contributed by atoms with Crippen LogP contribution >= 0.6 is 23.5 Å². The molecule has 2 unspecified atom stereocenters. The number of ketones is 1. The number of hydrogen-bond acceptors (Lipinski definition) is 3. The van der Waals surface area contributed by atoms with Gasteiger partial charge in [-0.1, -0.05) is 13.0 Å². The Bertz CT molecular complexity index is 530. The first kappa shape index (κ1) is 16.7. The van der Waals surface area contributed by atoms with Crippen LogP contribution in [0.1, 0.15) is 29.3 Å². The van der Waals surface area contributed by atoms with E-state index in [2.05, 4.69) is 0 Å². The van der Waals surface area contributed by atoms with Crippen molar-refractivity contribution in [1.82, 2.24) is 0 Å². The van der Waals surface area contributed by atoms with E-state index in [0.29, 0.717) is 12.1 Å². The molecule has 1 nitrogen and oxygen atoms in total. The Morgan fingerprint density at radius 2 is 1.95 bits per heavy atom. The molecule has 1 aromatic rings. The maximum Gasteiger partial charge on any atom is 0.419 e. The third-order valence-corrected chi connectivity index (χ3v) is 6.52. The van der Waals surface area contributed by atoms with E-state index in [9.17, 15) is 22.4 Å². The number of benzene rings is 1. The molecule has 7 heteroatoms. The van der Waals surface area contributed by atoms with Gasteiger partial charge in [0.25, 0.3) is 0 Å². The van der Waals surface area contributed by atoms with Crippen molar-refractivity contribution in [3.05, 3.63) is 35.1 Å². The summed E-state index contributed by atoms with van der Waals surface area (Å²) in [6, 6.07) is 2.42. The van der Waals surface area contributed by atoms with E-state index in [1.165, 1.54) is 11.8 Å². The molecule has 0 aromatic heterocycles. The minimum absolute atomic E-state index is 0.0129. The molecule has 1 fully saturated rings. The zero-order chi connectivity index (χ0) is 15.6. The van der Waals surface area contributed by atoms with E-state index in [1.807, 2.05) is 6.92 Å². The van der Waals surface area contributed by atoms with Gasteiger partial charge in [-0.2, -0.15) is 24.9 Å². The quantitative estimate of drug-likeness (QED) is 0.590. The summed E-state index contributed by atoms with van der Waals surface area (Å²) in [5.41, 5.74) is -1.32. The molecule has 1 aromatic carbocycles. The summed E-state index contributed by atoms with van der Waals surface area (Å²) in [6.45, 7) is 1.97. The van der Waals surface area contributed by atoms with Gasteiger partial charge in [0.2, 0.25) is 0 Å². The monoisotopic (exact) mass is 338 g/mol. The molecular weight excluding hydrogens is 324 g/mol. The van der Waals surface area contributed by atoms with Crippen molar-refractivity contribution in [3.8, 4) is 0 Å². The third-order valence-electron chi connectivity index (χ3n) is 3.27. The lowest BCUT2D eigenvalue weighted by Crippen LogP contribution is -2.33. The van der Waals surface area contributed by atoms with Crippen LogP contribution in [-0.2, 0) is 6.18 Å². The van der Waals surface area contributed by atoms with E-state index < -0.39 is 17.6 Å². The van der Waals surface area contributed by atoms with E-state index in [0.717, 1.165) is 24.0 Å². The van der Waals surface area contributed by atoms with Gasteiger partial charge in [0.15, 0.2) is 5.78 Å². The summed E-state index contributed by atoms with van der Waals surface area (Å²) in [4.78, 5) is 12.4. The van der Waals surface area contributed by atoms with Crippen molar-refractivity contribution in [2.45, 2.75) is 30.0 Å². The normalized spacial score (nSPS) is 23.1. The number of carbonyl (C=O) groups excluding carboxylic acids is 1. The molecule has 0 aliphatic carbocycles. The highest BCUT2D eigenvalue weighted by Crippen LogP contribution is 2.36. The molecule has 1 aliphatic rings. The predicted molar refractivity (Wildman–Crippen MR) is 78.5 cm³/mol. The van der Waals surface area contributed by atoms with Gasteiger partial charge in [-0.05, 0) is 18.6 Å². The van der Waals surface area contributed by atoms with Gasteiger partial charge < -0.3 is 0 Å². The van der Waals surface area contributed by atoms with Crippen LogP contribution in [0.25, 0.3) is 0 Å². The lowest BCUT2D eigenvalue weighted by atomic mass is 10.0. The number of carbonyl (C=O) groups is 1. The molecule has 1 saturated heterocycles. The lowest BCUT2D eigenvalue weighted by Gasteiger charge is -2.28. The Balaban J connectivity index is 2.25. The zero-order valence-electron chi connectivity index (χ0n) is 11.2. The molecule has 2 rings (SSSR count). The maximum absolute atomic E-state index is 13.6. The molecule has 0 saturated carbocycles. The molecule has 0 N–H and O–H groups in total. The molecule has 116 valence electrons. The summed E-state index contributed by atoms with van der Waals surface area (Å²) in [6.07, 6.45) is -3.94. The molecule has 21 heavy (non-hydrogen) atoms. The van der Waals surface area contributed by atoms with E-state index in [1.54, 1.807) is 11.8 Å². The van der Waals surface area contributed by atoms with Gasteiger partial charge in [0, 0.05) is 22.3 Å². The van der Waals surface area contributed by atoms with Crippen LogP contribution in [0.5, 0.6) is 0 Å². The van der Waals surface area contributed by atoms with Gasteiger partial charge in [0.05, 0.1) is 10.8 Å². The molecular formula is C14H14F4OS2. The first-order valence-corrected chi connectivity index (χ1v) is 8.58. The summed E-state index contributed by atoms with van der Waals surface area (Å²) in [5, 5.41) is -0.188. The van der Waals surface area contributed by atoms with Crippen LogP contribution in [-0.4, -0.2) is 27.8 Å². The van der Waals surface area contributed by atoms with Crippen LogP contribution in [0, 0.1) is 5.82 Å². The SMILES string of the molecule is CCC1SCCSC1C(=O)c1ccc(C(F)(F)F)c(F)c1. The minimum atomic E-state index is -4.74. The van der Waals surface area contributed by atoms with Crippen molar-refractivity contribution >= 4 is 29.3 Å². The average molecular weight is 338 g/mol. The van der Waals surface area contributed by atoms with Gasteiger partial charge in [-0.3, -0.25) is 4.79 Å². The molecule has 0 bridgehead atoms. The smallest absolute Gasteiger partial charge is 0.293 e. The highest BCUT2D eigenvalue weighted by atomic mass is 32.2. The molecule has 0 amide bonds. The number of hydrogen-bond donors (Lipinski definition) is 0. The fourth-order valence-corrected chi connectivity index (χ4v) is 5.23. The van der Waals surface area contributed by atoms with Crippen molar-refractivity contribution in [2.75, 3.05) is 11.5 Å². The minimum Gasteiger partial charge on any atom is -0.293 e. The number of thioether (sulfide) groups is 2. The van der Waals surface area contributed by atoms with Gasteiger partial charge >= 0.3 is 6.18 Å². The van der Waals surface area contributed by atoms with Crippen molar-refractivity contribution < 1.29 is 22.4 Å². The van der Waals surface area contributed by atoms with Crippen molar-refractivity contribution in [2.24, 2.45) is 0 Å². The standard InChI is InChI=1S/C14H14F4OS2/c1-2-11-13(21-6-5-20-11)12(19)8-3-4-9(10(15)7-8)14(16,17)18/h3-4,7,11,13H,2,5-6H2,1H3. The number of halogens is 4. The topological polar surface area (TPSA) is 17.1 Å². The van der Waals surface area contributed by atoms with Crippen LogP contribution in [0.2, 0.25) is 0 Å². The first-order chi connectivity index (χ1) is 9.84. The Kier molecular flexibility index (Phi) is 5.24. The number of Topliss-reactive ketones (excluding diaryl/α,β-unsaturated/α-hetero) is 1. The molecule has 1 heterocycles. The van der Waals surface area contributed by atoms with E-state index >= 15 is 0 Å². The average Bonchev–Trinajstić information content (AvgIpc) is 2.45. The highest BCUT2D eigenvalue weighted by molar-refractivity contribution is 8.07. The van der Waals surface area contributed by atoms with Gasteiger partial charge in [0.1, 0.15) is 5.82 Å². The fraction of sp³-hybridized carbons (Fsp3) is 0.500. The van der Waals surface area contributed by atoms with Crippen LogP contribution in [0.4, 0.5) is 17.6 Å². The summed E-state index contributed by atoms with van der Waals surface area (Å²) in [7, 11) is 0. The van der Waals surface area contributed by atoms with Crippen molar-refractivity contribution in [3.63, 3.8) is 0 Å². The predicted octanol–water partition coefficient (Wildman–Crippen LogP) is 4.65. The number of rotatable bonds is 3. The van der Waals surface area contributed by atoms with Crippen LogP contribution in [0.15, 0.2) is 18.2 Å². The van der Waals surface area contributed by atoms with Gasteiger partial charge in [-0.15, -0.1) is 11.8 Å². The zero-order valence-corrected chi connectivity index (χ0v) is 12.9. The molecule has 0 radical (unpaired) electrons. The van der Waals surface area contributed by atoms with Crippen molar-refractivity contribution in [1.29, 1.82) is 0 Å². The summed E-state index contributed by atoms with van der Waals surface area (Å²) >= 11 is 3.19. The van der Waals surface area contributed by atoms with E-state index in [-0.39, 0.29) is 21.8 Å². The molecule has 0 spiro atoms. The largest absolute Gasteiger partial charge is 0.419 e. The summed E-state index contributed by atoms with van der Waals surface area (Å²) in [5.74, 6) is 0.0937. The Morgan fingerprint density at radius 3 is 2.52 bits per heavy atom. The third kappa shape index (κ3) is 3.74. The van der Waals surface area contributed by atoms with E-state index in [4.69, 9.17) is 0 Å². The van der Waals surface area contributed by atoms with Crippen LogP contribution in [0.3, 0.4) is 0 Å². The number of alkyl halides is 3.